The van der Waals surface area contributed by atoms with Gasteiger partial charge in [-0.3, -0.25) is 4.79 Å². The van der Waals surface area contributed by atoms with Crippen molar-refractivity contribution in [2.45, 2.75) is 25.8 Å². The standard InChI is InChI=1S/C13H18N2O.ClH/c1-9(14)11-4-6-12(7-5-11)13(16)15-8-10-2-3-10;/h4-7,9-10H,2-3,8,14H2,1H3,(H,15,16);1H/t9-;/m0./s1. The number of nitrogens with one attached hydrogen (secondary N) is 1. The van der Waals surface area contributed by atoms with Crippen LogP contribution < -0.4 is 11.1 Å². The van der Waals surface area contributed by atoms with Crippen LogP contribution in [0.5, 0.6) is 0 Å². The molecule has 1 aromatic rings. The third-order valence-corrected chi connectivity index (χ3v) is 2.95. The molecule has 0 unspecified atom stereocenters. The van der Waals surface area contributed by atoms with Gasteiger partial charge >= 0.3 is 0 Å². The Kier molecular flexibility index (Phi) is 4.97. The van der Waals surface area contributed by atoms with Crippen LogP contribution in [-0.2, 0) is 0 Å². The number of carbonyl (C=O) groups excluding carboxylic acids is 1. The average Bonchev–Trinajstić information content (AvgIpc) is 3.10. The molecule has 3 nitrogen and oxygen atoms in total. The summed E-state index contributed by atoms with van der Waals surface area (Å²) < 4.78 is 0. The maximum Gasteiger partial charge on any atom is 0.251 e. The van der Waals surface area contributed by atoms with E-state index in [2.05, 4.69) is 5.32 Å². The zero-order chi connectivity index (χ0) is 11.5. The number of rotatable bonds is 4. The van der Waals surface area contributed by atoms with E-state index in [1.807, 2.05) is 31.2 Å². The molecule has 1 aliphatic carbocycles. The smallest absolute Gasteiger partial charge is 0.251 e. The quantitative estimate of drug-likeness (QED) is 0.866. The molecule has 1 aliphatic rings. The summed E-state index contributed by atoms with van der Waals surface area (Å²) in [5.74, 6) is 0.732. The lowest BCUT2D eigenvalue weighted by Crippen LogP contribution is -2.25. The summed E-state index contributed by atoms with van der Waals surface area (Å²) in [6, 6.07) is 7.51. The molecule has 1 aromatic carbocycles. The molecule has 1 amide bonds. The van der Waals surface area contributed by atoms with Gasteiger partial charge in [0.25, 0.3) is 5.91 Å². The van der Waals surface area contributed by atoms with Crippen molar-refractivity contribution in [3.05, 3.63) is 35.4 Å². The molecule has 2 rings (SSSR count). The van der Waals surface area contributed by atoms with E-state index in [4.69, 9.17) is 5.73 Å². The van der Waals surface area contributed by atoms with E-state index in [9.17, 15) is 4.79 Å². The van der Waals surface area contributed by atoms with Gasteiger partial charge in [-0.05, 0) is 43.4 Å². The number of nitrogens with two attached hydrogens (primary N) is 1. The summed E-state index contributed by atoms with van der Waals surface area (Å²) in [5.41, 5.74) is 7.51. The van der Waals surface area contributed by atoms with Gasteiger partial charge in [0.2, 0.25) is 0 Å². The molecule has 0 saturated heterocycles. The van der Waals surface area contributed by atoms with Crippen LogP contribution >= 0.6 is 12.4 Å². The lowest BCUT2D eigenvalue weighted by Gasteiger charge is -2.07. The summed E-state index contributed by atoms with van der Waals surface area (Å²) in [4.78, 5) is 11.7. The van der Waals surface area contributed by atoms with Gasteiger partial charge in [-0.2, -0.15) is 0 Å². The maximum atomic E-state index is 11.7. The number of hydrogen-bond acceptors (Lipinski definition) is 2. The lowest BCUT2D eigenvalue weighted by atomic mass is 10.1. The Hall–Kier alpha value is -1.06. The monoisotopic (exact) mass is 254 g/mol. The first-order valence-electron chi connectivity index (χ1n) is 5.80. The molecule has 1 fully saturated rings. The highest BCUT2D eigenvalue weighted by atomic mass is 35.5. The molecule has 0 radical (unpaired) electrons. The number of carbonyl (C=O) groups is 1. The summed E-state index contributed by atoms with van der Waals surface area (Å²) in [5, 5.41) is 2.94. The number of benzene rings is 1. The molecule has 0 heterocycles. The highest BCUT2D eigenvalue weighted by molar-refractivity contribution is 5.94. The SMILES string of the molecule is C[C@H](N)c1ccc(C(=O)NCC2CC2)cc1.Cl. The van der Waals surface area contributed by atoms with Crippen molar-refractivity contribution in [3.63, 3.8) is 0 Å². The van der Waals surface area contributed by atoms with Gasteiger partial charge in [-0.15, -0.1) is 12.4 Å². The molecular weight excluding hydrogens is 236 g/mol. The second-order valence-electron chi connectivity index (χ2n) is 4.56. The van der Waals surface area contributed by atoms with Crippen LogP contribution in [0.25, 0.3) is 0 Å². The highest BCUT2D eigenvalue weighted by Gasteiger charge is 2.21. The molecule has 0 bridgehead atoms. The van der Waals surface area contributed by atoms with E-state index in [0.717, 1.165) is 12.1 Å². The molecule has 0 spiro atoms. The van der Waals surface area contributed by atoms with Crippen molar-refractivity contribution in [2.24, 2.45) is 11.7 Å². The molecule has 17 heavy (non-hydrogen) atoms. The Balaban J connectivity index is 0.00000144. The highest BCUT2D eigenvalue weighted by Crippen LogP contribution is 2.27. The van der Waals surface area contributed by atoms with E-state index >= 15 is 0 Å². The second kappa shape index (κ2) is 6.03. The van der Waals surface area contributed by atoms with Crippen LogP contribution in [0.15, 0.2) is 24.3 Å². The normalized spacial score (nSPS) is 15.9. The minimum atomic E-state index is 0. The maximum absolute atomic E-state index is 11.7. The van der Waals surface area contributed by atoms with Crippen LogP contribution in [0.4, 0.5) is 0 Å². The van der Waals surface area contributed by atoms with Crippen molar-refractivity contribution in [3.8, 4) is 0 Å². The van der Waals surface area contributed by atoms with E-state index in [1.54, 1.807) is 0 Å². The molecule has 0 aliphatic heterocycles. The molecule has 1 atom stereocenters. The second-order valence-corrected chi connectivity index (χ2v) is 4.56. The van der Waals surface area contributed by atoms with Crippen molar-refractivity contribution < 1.29 is 4.79 Å². The first kappa shape index (κ1) is 14.0. The fourth-order valence-corrected chi connectivity index (χ4v) is 1.60. The fourth-order valence-electron chi connectivity index (χ4n) is 1.60. The van der Waals surface area contributed by atoms with Gasteiger partial charge in [0.1, 0.15) is 0 Å². The van der Waals surface area contributed by atoms with Gasteiger partial charge < -0.3 is 11.1 Å². The Morgan fingerprint density at radius 2 is 2.00 bits per heavy atom. The largest absolute Gasteiger partial charge is 0.352 e. The minimum absolute atomic E-state index is 0. The van der Waals surface area contributed by atoms with Crippen LogP contribution in [0.1, 0.15) is 41.7 Å². The van der Waals surface area contributed by atoms with E-state index in [1.165, 1.54) is 12.8 Å². The zero-order valence-corrected chi connectivity index (χ0v) is 10.8. The van der Waals surface area contributed by atoms with E-state index in [0.29, 0.717) is 11.5 Å². The molecule has 94 valence electrons. The summed E-state index contributed by atoms with van der Waals surface area (Å²) in [6.07, 6.45) is 2.51. The Morgan fingerprint density at radius 1 is 1.41 bits per heavy atom. The molecule has 3 N–H and O–H groups in total. The Bertz CT molecular complexity index is 372. The van der Waals surface area contributed by atoms with Gasteiger partial charge in [-0.25, -0.2) is 0 Å². The van der Waals surface area contributed by atoms with E-state index in [-0.39, 0.29) is 24.4 Å². The first-order chi connectivity index (χ1) is 7.66. The van der Waals surface area contributed by atoms with Crippen LogP contribution in [0, 0.1) is 5.92 Å². The third-order valence-electron chi connectivity index (χ3n) is 2.95. The van der Waals surface area contributed by atoms with Crippen molar-refractivity contribution in [2.75, 3.05) is 6.54 Å². The van der Waals surface area contributed by atoms with Crippen LogP contribution in [0.2, 0.25) is 0 Å². The molecule has 4 heteroatoms. The lowest BCUT2D eigenvalue weighted by molar-refractivity contribution is 0.0952. The molecule has 1 saturated carbocycles. The van der Waals surface area contributed by atoms with Crippen molar-refractivity contribution in [1.29, 1.82) is 0 Å². The van der Waals surface area contributed by atoms with Gasteiger partial charge in [0.15, 0.2) is 0 Å². The topological polar surface area (TPSA) is 55.1 Å². The minimum Gasteiger partial charge on any atom is -0.352 e. The third kappa shape index (κ3) is 4.02. The first-order valence-corrected chi connectivity index (χ1v) is 5.80. The van der Waals surface area contributed by atoms with Crippen molar-refractivity contribution in [1.82, 2.24) is 5.32 Å². The Morgan fingerprint density at radius 3 is 2.47 bits per heavy atom. The summed E-state index contributed by atoms with van der Waals surface area (Å²) in [7, 11) is 0. The average molecular weight is 255 g/mol. The van der Waals surface area contributed by atoms with Crippen LogP contribution in [-0.4, -0.2) is 12.5 Å². The predicted octanol–water partition coefficient (Wildman–Crippen LogP) is 2.27. The van der Waals surface area contributed by atoms with E-state index < -0.39 is 0 Å². The summed E-state index contributed by atoms with van der Waals surface area (Å²) in [6.45, 7) is 2.75. The van der Waals surface area contributed by atoms with Gasteiger partial charge in [0, 0.05) is 18.2 Å². The van der Waals surface area contributed by atoms with Crippen molar-refractivity contribution >= 4 is 18.3 Å². The Labute approximate surface area is 108 Å². The predicted molar refractivity (Wildman–Crippen MR) is 71.3 cm³/mol. The number of amides is 1. The van der Waals surface area contributed by atoms with Crippen LogP contribution in [0.3, 0.4) is 0 Å². The number of halogens is 1. The van der Waals surface area contributed by atoms with Gasteiger partial charge in [0.05, 0.1) is 0 Å². The zero-order valence-electron chi connectivity index (χ0n) is 9.98. The fraction of sp³-hybridized carbons (Fsp3) is 0.462. The molecular formula is C13H19ClN2O. The molecule has 0 aromatic heterocycles. The van der Waals surface area contributed by atoms with Gasteiger partial charge in [-0.1, -0.05) is 12.1 Å². The number of hydrogen-bond donors (Lipinski definition) is 2. The summed E-state index contributed by atoms with van der Waals surface area (Å²) >= 11 is 0.